The van der Waals surface area contributed by atoms with E-state index in [9.17, 15) is 14.4 Å². The SMILES string of the molecule is CCNC(=O)c1cc2c(-c3cccc(OCCC4CCN(C(=O)c5ccc(CCc6c[nH]c7nc(N)[nH]c(=O)c67)cc5)CC4)c3)nc(N)nc2s1. The maximum Gasteiger partial charge on any atom is 0.262 e. The molecule has 0 aliphatic carbocycles. The van der Waals surface area contributed by atoms with E-state index in [0.717, 1.165) is 53.5 Å². The first-order chi connectivity index (χ1) is 24.7. The minimum absolute atomic E-state index is 0.0445. The average molecular weight is 706 g/mol. The Morgan fingerprint density at radius 2 is 1.84 bits per heavy atom. The molecule has 5 heterocycles. The van der Waals surface area contributed by atoms with Crippen LogP contribution in [-0.4, -0.2) is 67.9 Å². The quantitative estimate of drug-likeness (QED) is 0.124. The Kier molecular flexibility index (Phi) is 9.66. The first kappa shape index (κ1) is 33.7. The molecule has 2 aromatic carbocycles. The molecule has 0 atom stereocenters. The molecule has 1 aliphatic heterocycles. The molecule has 0 saturated carbocycles. The number of thiophene rings is 1. The predicted molar refractivity (Wildman–Crippen MR) is 199 cm³/mol. The van der Waals surface area contributed by atoms with Crippen LogP contribution in [0, 0.1) is 5.92 Å². The third-order valence-corrected chi connectivity index (χ3v) is 10.3. The van der Waals surface area contributed by atoms with E-state index in [-0.39, 0.29) is 29.3 Å². The van der Waals surface area contributed by atoms with E-state index in [1.165, 1.54) is 11.3 Å². The Labute approximate surface area is 297 Å². The fourth-order valence-corrected chi connectivity index (χ4v) is 7.57. The van der Waals surface area contributed by atoms with Crippen LogP contribution in [0.5, 0.6) is 5.75 Å². The molecule has 1 saturated heterocycles. The zero-order valence-electron chi connectivity index (χ0n) is 28.2. The highest BCUT2D eigenvalue weighted by molar-refractivity contribution is 7.20. The van der Waals surface area contributed by atoms with Gasteiger partial charge in [0.05, 0.1) is 22.6 Å². The van der Waals surface area contributed by atoms with E-state index in [1.54, 1.807) is 6.20 Å². The number of benzene rings is 2. The van der Waals surface area contributed by atoms with Gasteiger partial charge in [0.25, 0.3) is 17.4 Å². The van der Waals surface area contributed by atoms with E-state index in [2.05, 4.69) is 30.2 Å². The summed E-state index contributed by atoms with van der Waals surface area (Å²) in [7, 11) is 0. The number of nitrogen functional groups attached to an aromatic ring is 2. The highest BCUT2D eigenvalue weighted by atomic mass is 32.1. The van der Waals surface area contributed by atoms with Crippen molar-refractivity contribution in [2.75, 3.05) is 37.7 Å². The van der Waals surface area contributed by atoms with Crippen LogP contribution < -0.4 is 27.1 Å². The lowest BCUT2D eigenvalue weighted by Gasteiger charge is -2.32. The van der Waals surface area contributed by atoms with Gasteiger partial charge in [-0.2, -0.15) is 4.98 Å². The summed E-state index contributed by atoms with van der Waals surface area (Å²) in [5, 5.41) is 4.13. The Morgan fingerprint density at radius 1 is 1.04 bits per heavy atom. The van der Waals surface area contributed by atoms with Gasteiger partial charge >= 0.3 is 0 Å². The number of aromatic amines is 2. The number of piperidine rings is 1. The number of carbonyl (C=O) groups is 2. The highest BCUT2D eigenvalue weighted by Gasteiger charge is 2.24. The molecule has 7 N–H and O–H groups in total. The van der Waals surface area contributed by atoms with Crippen LogP contribution >= 0.6 is 11.3 Å². The molecule has 0 radical (unpaired) electrons. The van der Waals surface area contributed by atoms with Gasteiger partial charge in [0.2, 0.25) is 11.9 Å². The van der Waals surface area contributed by atoms with Crippen molar-refractivity contribution < 1.29 is 14.3 Å². The molecule has 6 aromatic rings. The number of rotatable bonds is 11. The molecule has 0 spiro atoms. The molecule has 13 nitrogen and oxygen atoms in total. The molecule has 4 aromatic heterocycles. The zero-order valence-corrected chi connectivity index (χ0v) is 29.0. The topological polar surface area (TPSA) is 198 Å². The van der Waals surface area contributed by atoms with Crippen LogP contribution in [0.1, 0.15) is 57.3 Å². The minimum atomic E-state index is -0.253. The molecular weight excluding hydrogens is 667 g/mol. The maximum absolute atomic E-state index is 13.3. The summed E-state index contributed by atoms with van der Waals surface area (Å²) in [6, 6.07) is 17.3. The van der Waals surface area contributed by atoms with E-state index in [4.69, 9.17) is 16.2 Å². The Bertz CT molecular complexity index is 2270. The lowest BCUT2D eigenvalue weighted by atomic mass is 9.93. The second kappa shape index (κ2) is 14.6. The van der Waals surface area contributed by atoms with Gasteiger partial charge in [-0.1, -0.05) is 24.3 Å². The first-order valence-electron chi connectivity index (χ1n) is 17.1. The lowest BCUT2D eigenvalue weighted by molar-refractivity contribution is 0.0680. The number of hydrogen-bond acceptors (Lipinski definition) is 10. The lowest BCUT2D eigenvalue weighted by Crippen LogP contribution is -2.38. The molecule has 7 rings (SSSR count). The number of ether oxygens (including phenoxy) is 1. The summed E-state index contributed by atoms with van der Waals surface area (Å²) in [5.41, 5.74) is 16.0. The number of fused-ring (bicyclic) bond motifs is 2. The van der Waals surface area contributed by atoms with Crippen molar-refractivity contribution in [3.8, 4) is 17.0 Å². The summed E-state index contributed by atoms with van der Waals surface area (Å²) in [6.45, 7) is 4.39. The highest BCUT2D eigenvalue weighted by Crippen LogP contribution is 2.34. The monoisotopic (exact) mass is 705 g/mol. The fourth-order valence-electron chi connectivity index (χ4n) is 6.61. The number of hydrogen-bond donors (Lipinski definition) is 5. The number of aromatic nitrogens is 5. The first-order valence-corrected chi connectivity index (χ1v) is 17.9. The minimum Gasteiger partial charge on any atom is -0.494 e. The second-order valence-electron chi connectivity index (χ2n) is 12.7. The van der Waals surface area contributed by atoms with Gasteiger partial charge in [0.1, 0.15) is 16.2 Å². The average Bonchev–Trinajstić information content (AvgIpc) is 3.75. The van der Waals surface area contributed by atoms with Gasteiger partial charge in [-0.25, -0.2) is 9.97 Å². The molecule has 262 valence electrons. The van der Waals surface area contributed by atoms with Gasteiger partial charge in [-0.05, 0) is 86.4 Å². The van der Waals surface area contributed by atoms with Crippen molar-refractivity contribution >= 4 is 56.3 Å². The van der Waals surface area contributed by atoms with Crippen molar-refractivity contribution in [3.63, 3.8) is 0 Å². The van der Waals surface area contributed by atoms with Gasteiger partial charge in [-0.15, -0.1) is 11.3 Å². The molecule has 2 amide bonds. The van der Waals surface area contributed by atoms with E-state index < -0.39 is 0 Å². The van der Waals surface area contributed by atoms with Crippen molar-refractivity contribution in [1.29, 1.82) is 0 Å². The van der Waals surface area contributed by atoms with Crippen LogP contribution in [0.25, 0.3) is 32.5 Å². The number of H-pyrrole nitrogens is 2. The molecule has 1 fully saturated rings. The molecule has 51 heavy (non-hydrogen) atoms. The third kappa shape index (κ3) is 7.41. The number of aryl methyl sites for hydroxylation is 2. The summed E-state index contributed by atoms with van der Waals surface area (Å²) in [4.78, 5) is 59.8. The molecule has 14 heteroatoms. The van der Waals surface area contributed by atoms with Crippen LogP contribution in [-0.2, 0) is 12.8 Å². The zero-order chi connectivity index (χ0) is 35.5. The van der Waals surface area contributed by atoms with Crippen molar-refractivity contribution in [2.45, 2.75) is 39.0 Å². The van der Waals surface area contributed by atoms with E-state index in [1.807, 2.05) is 66.4 Å². The fraction of sp³-hybridized carbons (Fsp3) is 0.297. The number of anilines is 2. The third-order valence-electron chi connectivity index (χ3n) is 9.30. The summed E-state index contributed by atoms with van der Waals surface area (Å²) < 4.78 is 6.17. The summed E-state index contributed by atoms with van der Waals surface area (Å²) >= 11 is 1.29. The smallest absolute Gasteiger partial charge is 0.262 e. The van der Waals surface area contributed by atoms with Gasteiger partial charge in [0, 0.05) is 42.3 Å². The van der Waals surface area contributed by atoms with Crippen molar-refractivity contribution in [2.24, 2.45) is 5.92 Å². The van der Waals surface area contributed by atoms with Crippen LogP contribution in [0.15, 0.2) is 65.6 Å². The number of carbonyl (C=O) groups excluding carboxylic acids is 2. The molecular formula is C37H39N9O4S. The predicted octanol–water partition coefficient (Wildman–Crippen LogP) is 4.94. The van der Waals surface area contributed by atoms with Gasteiger partial charge in [0.15, 0.2) is 0 Å². The Morgan fingerprint density at radius 3 is 2.63 bits per heavy atom. The summed E-state index contributed by atoms with van der Waals surface area (Å²) in [5.74, 6) is 1.32. The maximum atomic E-state index is 13.3. The molecule has 0 unspecified atom stereocenters. The largest absolute Gasteiger partial charge is 0.494 e. The number of likely N-dealkylation sites (tertiary alicyclic amines) is 1. The Balaban J connectivity index is 0.895. The van der Waals surface area contributed by atoms with Crippen LogP contribution in [0.3, 0.4) is 0 Å². The van der Waals surface area contributed by atoms with Crippen molar-refractivity contribution in [1.82, 2.24) is 35.1 Å². The standard InChI is InChI=1S/C37H39N9O4S/c1-2-40-32(47)28-19-27-30(42-36(38)45-34(27)51-28)24-4-3-5-26(18-24)50-17-14-22-12-15-46(16-13-22)35(49)23-9-6-21(7-10-23)8-11-25-20-41-31-29(25)33(48)44-37(39)43-31/h3-7,9-10,18-20,22H,2,8,11-17H2,1H3,(H,40,47)(H2,38,42,45)(H4,39,41,43,44,48). The van der Waals surface area contributed by atoms with E-state index in [0.29, 0.717) is 70.6 Å². The van der Waals surface area contributed by atoms with Crippen molar-refractivity contribution in [3.05, 3.63) is 92.7 Å². The number of nitrogens with one attached hydrogen (secondary N) is 3. The molecule has 0 bridgehead atoms. The molecule has 1 aliphatic rings. The van der Waals surface area contributed by atoms with Crippen LogP contribution in [0.4, 0.5) is 11.9 Å². The number of amides is 2. The van der Waals surface area contributed by atoms with Gasteiger partial charge < -0.3 is 31.4 Å². The summed E-state index contributed by atoms with van der Waals surface area (Å²) in [6.07, 6.45) is 5.89. The Hall–Kier alpha value is -5.76. The van der Waals surface area contributed by atoms with Gasteiger partial charge in [-0.3, -0.25) is 19.4 Å². The second-order valence-corrected chi connectivity index (χ2v) is 13.7. The van der Waals surface area contributed by atoms with Crippen LogP contribution in [0.2, 0.25) is 0 Å². The number of nitrogens with two attached hydrogens (primary N) is 2. The van der Waals surface area contributed by atoms with E-state index >= 15 is 0 Å². The normalized spacial score (nSPS) is 13.5. The number of nitrogens with zero attached hydrogens (tertiary/aromatic N) is 4.